The Morgan fingerprint density at radius 3 is 2.45 bits per heavy atom. The zero-order chi connectivity index (χ0) is 16.1. The molecule has 0 aliphatic carbocycles. The summed E-state index contributed by atoms with van der Waals surface area (Å²) >= 11 is 0. The summed E-state index contributed by atoms with van der Waals surface area (Å²) in [4.78, 5) is 17.5. The summed E-state index contributed by atoms with van der Waals surface area (Å²) in [6, 6.07) is 6.01. The molecule has 1 aromatic carbocycles. The fourth-order valence-corrected chi connectivity index (χ4v) is 4.07. The van der Waals surface area contributed by atoms with Crippen LogP contribution < -0.4 is 10.9 Å². The summed E-state index contributed by atoms with van der Waals surface area (Å²) in [6.45, 7) is 10.8. The zero-order valence-corrected chi connectivity index (χ0v) is 14.1. The quantitative estimate of drug-likeness (QED) is 0.879. The van der Waals surface area contributed by atoms with Gasteiger partial charge < -0.3 is 5.32 Å². The van der Waals surface area contributed by atoms with Crippen LogP contribution in [0.2, 0.25) is 0 Å². The molecule has 0 saturated carbocycles. The predicted molar refractivity (Wildman–Crippen MR) is 90.3 cm³/mol. The number of aromatic nitrogens is 2. The van der Waals surface area contributed by atoms with E-state index in [0.717, 1.165) is 29.3 Å². The van der Waals surface area contributed by atoms with E-state index in [1.165, 1.54) is 0 Å². The average Bonchev–Trinajstić information content (AvgIpc) is 2.35. The average molecular weight is 299 g/mol. The molecule has 0 unspecified atom stereocenters. The Hall–Kier alpha value is -1.68. The molecule has 1 aliphatic heterocycles. The van der Waals surface area contributed by atoms with Crippen molar-refractivity contribution >= 4 is 10.9 Å². The van der Waals surface area contributed by atoms with Gasteiger partial charge in [-0.3, -0.25) is 9.36 Å². The second-order valence-electron chi connectivity index (χ2n) is 7.88. The van der Waals surface area contributed by atoms with Gasteiger partial charge in [-0.25, -0.2) is 4.98 Å². The molecule has 118 valence electrons. The number of hydrogen-bond acceptors (Lipinski definition) is 3. The third-order valence-corrected chi connectivity index (χ3v) is 4.58. The van der Waals surface area contributed by atoms with Gasteiger partial charge in [-0.2, -0.15) is 0 Å². The number of hydrogen-bond donors (Lipinski definition) is 1. The summed E-state index contributed by atoms with van der Waals surface area (Å²) < 4.78 is 1.85. The van der Waals surface area contributed by atoms with Gasteiger partial charge in [0.25, 0.3) is 5.56 Å². The Morgan fingerprint density at radius 2 is 1.82 bits per heavy atom. The van der Waals surface area contributed by atoms with Crippen molar-refractivity contribution in [3.05, 3.63) is 40.4 Å². The first kappa shape index (κ1) is 15.2. The largest absolute Gasteiger partial charge is 0.307 e. The molecule has 0 spiro atoms. The minimum atomic E-state index is 0.00649. The van der Waals surface area contributed by atoms with Crippen molar-refractivity contribution in [2.45, 2.75) is 64.6 Å². The van der Waals surface area contributed by atoms with Crippen molar-refractivity contribution in [3.63, 3.8) is 0 Å². The van der Waals surface area contributed by atoms with Crippen molar-refractivity contribution in [2.24, 2.45) is 0 Å². The first-order valence-electron chi connectivity index (χ1n) is 7.94. The molecule has 22 heavy (non-hydrogen) atoms. The number of fused-ring (bicyclic) bond motifs is 1. The second kappa shape index (κ2) is 4.92. The van der Waals surface area contributed by atoms with Crippen LogP contribution in [0.3, 0.4) is 0 Å². The maximum absolute atomic E-state index is 13.0. The highest BCUT2D eigenvalue weighted by molar-refractivity contribution is 5.80. The molecule has 3 rings (SSSR count). The minimum absolute atomic E-state index is 0.00649. The van der Waals surface area contributed by atoms with Crippen molar-refractivity contribution in [3.8, 4) is 0 Å². The van der Waals surface area contributed by atoms with E-state index in [9.17, 15) is 4.79 Å². The van der Waals surface area contributed by atoms with E-state index in [-0.39, 0.29) is 22.7 Å². The standard InChI is InChI=1S/C18H25N3O/c1-12-7-6-8-14-15(12)16(22)21(11-19-14)13-9-17(2,3)20-18(4,5)10-13/h6-8,11,13,20H,9-10H2,1-5H3. The Kier molecular flexibility index (Phi) is 3.40. The Balaban J connectivity index is 2.13. The molecule has 2 heterocycles. The van der Waals surface area contributed by atoms with Gasteiger partial charge in [0, 0.05) is 17.1 Å². The third-order valence-electron chi connectivity index (χ3n) is 4.58. The monoisotopic (exact) mass is 299 g/mol. The summed E-state index contributed by atoms with van der Waals surface area (Å²) in [5.41, 5.74) is 1.88. The number of rotatable bonds is 1. The lowest BCUT2D eigenvalue weighted by Crippen LogP contribution is -2.58. The maximum atomic E-state index is 13.0. The van der Waals surface area contributed by atoms with Gasteiger partial charge in [-0.15, -0.1) is 0 Å². The van der Waals surface area contributed by atoms with E-state index in [0.29, 0.717) is 0 Å². The molecular weight excluding hydrogens is 274 g/mol. The van der Waals surface area contributed by atoms with Crippen LogP contribution in [0.15, 0.2) is 29.3 Å². The van der Waals surface area contributed by atoms with Gasteiger partial charge >= 0.3 is 0 Å². The lowest BCUT2D eigenvalue weighted by atomic mass is 9.79. The highest BCUT2D eigenvalue weighted by Gasteiger charge is 2.38. The van der Waals surface area contributed by atoms with Crippen LogP contribution in [0.1, 0.15) is 52.1 Å². The molecule has 0 radical (unpaired) electrons. The van der Waals surface area contributed by atoms with Crippen LogP contribution in [0.25, 0.3) is 10.9 Å². The van der Waals surface area contributed by atoms with Gasteiger partial charge in [0.05, 0.1) is 17.2 Å². The smallest absolute Gasteiger partial charge is 0.261 e. The summed E-state index contributed by atoms with van der Waals surface area (Å²) in [6.07, 6.45) is 3.58. The highest BCUT2D eigenvalue weighted by atomic mass is 16.1. The van der Waals surface area contributed by atoms with Crippen LogP contribution in [0.5, 0.6) is 0 Å². The van der Waals surface area contributed by atoms with Gasteiger partial charge in [-0.1, -0.05) is 12.1 Å². The van der Waals surface area contributed by atoms with Gasteiger partial charge in [0.1, 0.15) is 0 Å². The molecule has 1 N–H and O–H groups in total. The normalized spacial score (nSPS) is 21.1. The lowest BCUT2D eigenvalue weighted by molar-refractivity contribution is 0.130. The van der Waals surface area contributed by atoms with Crippen molar-refractivity contribution in [1.82, 2.24) is 14.9 Å². The van der Waals surface area contributed by atoms with Gasteiger partial charge in [-0.05, 0) is 59.1 Å². The molecule has 1 fully saturated rings. The molecule has 0 amide bonds. The lowest BCUT2D eigenvalue weighted by Gasteiger charge is -2.46. The highest BCUT2D eigenvalue weighted by Crippen LogP contribution is 2.35. The predicted octanol–water partition coefficient (Wildman–Crippen LogP) is 3.19. The number of benzene rings is 1. The Labute approximate surface area is 131 Å². The number of piperidine rings is 1. The van der Waals surface area contributed by atoms with E-state index in [2.05, 4.69) is 38.0 Å². The topological polar surface area (TPSA) is 46.9 Å². The Morgan fingerprint density at radius 1 is 1.18 bits per heavy atom. The zero-order valence-electron chi connectivity index (χ0n) is 14.1. The molecule has 1 saturated heterocycles. The third kappa shape index (κ3) is 2.68. The van der Waals surface area contributed by atoms with Gasteiger partial charge in [0.15, 0.2) is 0 Å². The number of aryl methyl sites for hydroxylation is 1. The van der Waals surface area contributed by atoms with E-state index < -0.39 is 0 Å². The Bertz CT molecular complexity index is 757. The maximum Gasteiger partial charge on any atom is 0.261 e. The summed E-state index contributed by atoms with van der Waals surface area (Å²) in [5.74, 6) is 0. The number of nitrogens with zero attached hydrogens (tertiary/aromatic N) is 2. The summed E-state index contributed by atoms with van der Waals surface area (Å²) in [5, 5.41) is 4.41. The first-order chi connectivity index (χ1) is 10.2. The van der Waals surface area contributed by atoms with Crippen LogP contribution in [-0.2, 0) is 0 Å². The molecule has 0 bridgehead atoms. The second-order valence-corrected chi connectivity index (χ2v) is 7.88. The van der Waals surface area contributed by atoms with E-state index in [1.54, 1.807) is 6.33 Å². The fourth-order valence-electron chi connectivity index (χ4n) is 4.07. The minimum Gasteiger partial charge on any atom is -0.307 e. The van der Waals surface area contributed by atoms with Crippen LogP contribution >= 0.6 is 0 Å². The molecule has 2 aromatic rings. The van der Waals surface area contributed by atoms with Crippen LogP contribution in [0.4, 0.5) is 0 Å². The molecule has 4 heteroatoms. The fraction of sp³-hybridized carbons (Fsp3) is 0.556. The molecular formula is C18H25N3O. The molecule has 0 atom stereocenters. The molecule has 4 nitrogen and oxygen atoms in total. The van der Waals surface area contributed by atoms with E-state index in [1.807, 2.05) is 29.7 Å². The van der Waals surface area contributed by atoms with Crippen molar-refractivity contribution < 1.29 is 0 Å². The summed E-state index contributed by atoms with van der Waals surface area (Å²) in [7, 11) is 0. The van der Waals surface area contributed by atoms with Crippen molar-refractivity contribution in [1.29, 1.82) is 0 Å². The SMILES string of the molecule is Cc1cccc2ncn(C3CC(C)(C)NC(C)(C)C3)c(=O)c12. The first-order valence-corrected chi connectivity index (χ1v) is 7.94. The van der Waals surface area contributed by atoms with Crippen molar-refractivity contribution in [2.75, 3.05) is 0 Å². The van der Waals surface area contributed by atoms with Crippen LogP contribution in [0, 0.1) is 6.92 Å². The molecule has 1 aliphatic rings. The molecule has 1 aromatic heterocycles. The number of nitrogens with one attached hydrogen (secondary N) is 1. The van der Waals surface area contributed by atoms with E-state index in [4.69, 9.17) is 0 Å². The van der Waals surface area contributed by atoms with Crippen LogP contribution in [-0.4, -0.2) is 20.6 Å². The van der Waals surface area contributed by atoms with E-state index >= 15 is 0 Å². The van der Waals surface area contributed by atoms with Gasteiger partial charge in [0.2, 0.25) is 0 Å².